The molecule has 1 aromatic rings. The lowest BCUT2D eigenvalue weighted by atomic mass is 9.94. The molecule has 0 spiro atoms. The van der Waals surface area contributed by atoms with Crippen molar-refractivity contribution in [2.24, 2.45) is 5.73 Å². The highest BCUT2D eigenvalue weighted by Crippen LogP contribution is 2.30. The summed E-state index contributed by atoms with van der Waals surface area (Å²) in [5, 5.41) is 3.19. The van der Waals surface area contributed by atoms with Crippen LogP contribution >= 0.6 is 0 Å². The topological polar surface area (TPSA) is 55.1 Å². The molecule has 3 N–H and O–H groups in total. The zero-order valence-corrected chi connectivity index (χ0v) is 7.79. The molecule has 1 heterocycles. The summed E-state index contributed by atoms with van der Waals surface area (Å²) < 4.78 is 0. The number of anilines is 1. The molecule has 3 heteroatoms. The van der Waals surface area contributed by atoms with Gasteiger partial charge < -0.3 is 11.1 Å². The van der Waals surface area contributed by atoms with Crippen molar-refractivity contribution in [1.82, 2.24) is 0 Å². The van der Waals surface area contributed by atoms with E-state index in [0.29, 0.717) is 13.0 Å². The first-order valence-corrected chi connectivity index (χ1v) is 4.62. The summed E-state index contributed by atoms with van der Waals surface area (Å²) >= 11 is 0. The molecule has 0 saturated carbocycles. The van der Waals surface area contributed by atoms with Gasteiger partial charge in [-0.05, 0) is 18.1 Å². The summed E-state index contributed by atoms with van der Waals surface area (Å²) in [5.74, 6) is -0.519. The van der Waals surface area contributed by atoms with Crippen molar-refractivity contribution in [2.75, 3.05) is 11.9 Å². The molecule has 72 valence electrons. The third-order valence-electron chi connectivity index (χ3n) is 2.43. The number of hydrogen-bond acceptors (Lipinski definition) is 2. The molecule has 1 atom stereocenters. The Morgan fingerprint density at radius 3 is 3.07 bits per heavy atom. The fourth-order valence-corrected chi connectivity index (χ4v) is 1.70. The van der Waals surface area contributed by atoms with E-state index in [4.69, 9.17) is 5.73 Å². The Morgan fingerprint density at radius 2 is 2.29 bits per heavy atom. The number of fused-ring (bicyclic) bond motifs is 1. The summed E-state index contributed by atoms with van der Waals surface area (Å²) in [4.78, 5) is 11.2. The Hall–Kier alpha value is -1.51. The quantitative estimate of drug-likeness (QED) is 0.694. The Bertz CT molecular complexity index is 349. The maximum Gasteiger partial charge on any atom is 0.225 e. The lowest BCUT2D eigenvalue weighted by Gasteiger charge is -2.12. The minimum Gasteiger partial charge on any atom is -0.384 e. The van der Waals surface area contributed by atoms with Gasteiger partial charge in [0.15, 0.2) is 0 Å². The Labute approximate surface area is 83.3 Å². The SMILES string of the molecule is NC(=O)C1C[C]CNc2ccccc21. The van der Waals surface area contributed by atoms with E-state index >= 15 is 0 Å². The number of carbonyl (C=O) groups is 1. The summed E-state index contributed by atoms with van der Waals surface area (Å²) in [6.07, 6.45) is 3.71. The van der Waals surface area contributed by atoms with Crippen LogP contribution in [0.3, 0.4) is 0 Å². The van der Waals surface area contributed by atoms with Crippen molar-refractivity contribution in [3.05, 3.63) is 36.2 Å². The van der Waals surface area contributed by atoms with Gasteiger partial charge in [0.05, 0.1) is 5.92 Å². The smallest absolute Gasteiger partial charge is 0.225 e. The summed E-state index contributed by atoms with van der Waals surface area (Å²) in [6.45, 7) is 0.667. The summed E-state index contributed by atoms with van der Waals surface area (Å²) in [5.41, 5.74) is 7.31. The van der Waals surface area contributed by atoms with E-state index in [9.17, 15) is 4.79 Å². The Morgan fingerprint density at radius 1 is 1.50 bits per heavy atom. The number of hydrogen-bond donors (Lipinski definition) is 2. The molecule has 3 nitrogen and oxygen atoms in total. The number of nitrogens with one attached hydrogen (secondary N) is 1. The normalized spacial score (nSPS) is 20.4. The van der Waals surface area contributed by atoms with E-state index in [1.54, 1.807) is 0 Å². The van der Waals surface area contributed by atoms with Gasteiger partial charge in [-0.1, -0.05) is 18.2 Å². The third-order valence-corrected chi connectivity index (χ3v) is 2.43. The monoisotopic (exact) mass is 188 g/mol. The summed E-state index contributed by atoms with van der Waals surface area (Å²) in [7, 11) is 0. The van der Waals surface area contributed by atoms with E-state index in [1.165, 1.54) is 0 Å². The first kappa shape index (κ1) is 9.06. The molecule has 1 aliphatic rings. The third kappa shape index (κ3) is 1.58. The lowest BCUT2D eigenvalue weighted by Crippen LogP contribution is -2.21. The molecule has 1 amide bonds. The minimum atomic E-state index is -0.284. The van der Waals surface area contributed by atoms with Gasteiger partial charge in [-0.15, -0.1) is 0 Å². The number of nitrogens with two attached hydrogens (primary N) is 1. The van der Waals surface area contributed by atoms with E-state index in [2.05, 4.69) is 11.7 Å². The Balaban J connectivity index is 2.42. The first-order valence-electron chi connectivity index (χ1n) is 4.62. The van der Waals surface area contributed by atoms with Crippen LogP contribution in [0.1, 0.15) is 17.9 Å². The van der Waals surface area contributed by atoms with E-state index in [-0.39, 0.29) is 11.8 Å². The molecule has 2 rings (SSSR count). The number of para-hydroxylation sites is 1. The zero-order valence-electron chi connectivity index (χ0n) is 7.79. The molecule has 14 heavy (non-hydrogen) atoms. The second kappa shape index (κ2) is 3.70. The molecule has 0 saturated heterocycles. The standard InChI is InChI=1S/C11H12N2O/c12-11(14)9-5-3-7-13-10-6-2-1-4-8(9)10/h1-2,4,6,9,13H,5,7H2,(H2,12,14). The molecule has 0 aliphatic carbocycles. The molecule has 1 aliphatic heterocycles. The van der Waals surface area contributed by atoms with Gasteiger partial charge >= 0.3 is 0 Å². The average Bonchev–Trinajstić information content (AvgIpc) is 2.39. The van der Waals surface area contributed by atoms with Gasteiger partial charge in [0.25, 0.3) is 0 Å². The minimum absolute atomic E-state index is 0.235. The van der Waals surface area contributed by atoms with Crippen molar-refractivity contribution < 1.29 is 4.79 Å². The van der Waals surface area contributed by atoms with Crippen LogP contribution in [0, 0.1) is 6.42 Å². The van der Waals surface area contributed by atoms with Crippen molar-refractivity contribution in [3.63, 3.8) is 0 Å². The molecule has 2 radical (unpaired) electrons. The van der Waals surface area contributed by atoms with Crippen LogP contribution < -0.4 is 11.1 Å². The predicted molar refractivity (Wildman–Crippen MR) is 54.7 cm³/mol. The van der Waals surface area contributed by atoms with Crippen LogP contribution in [0.4, 0.5) is 5.69 Å². The van der Waals surface area contributed by atoms with Crippen molar-refractivity contribution in [1.29, 1.82) is 0 Å². The van der Waals surface area contributed by atoms with Crippen molar-refractivity contribution >= 4 is 11.6 Å². The van der Waals surface area contributed by atoms with E-state index in [0.717, 1.165) is 11.3 Å². The zero-order chi connectivity index (χ0) is 9.97. The van der Waals surface area contributed by atoms with E-state index in [1.807, 2.05) is 24.3 Å². The second-order valence-corrected chi connectivity index (χ2v) is 3.35. The molecule has 1 unspecified atom stereocenters. The van der Waals surface area contributed by atoms with Crippen molar-refractivity contribution in [2.45, 2.75) is 12.3 Å². The maximum absolute atomic E-state index is 11.2. The van der Waals surface area contributed by atoms with Crippen LogP contribution in [-0.2, 0) is 4.79 Å². The number of benzene rings is 1. The maximum atomic E-state index is 11.2. The number of rotatable bonds is 1. The van der Waals surface area contributed by atoms with Crippen LogP contribution in [0.5, 0.6) is 0 Å². The van der Waals surface area contributed by atoms with Gasteiger partial charge in [-0.25, -0.2) is 0 Å². The van der Waals surface area contributed by atoms with Gasteiger partial charge in [-0.2, -0.15) is 0 Å². The predicted octanol–water partition coefficient (Wildman–Crippen LogP) is 1.15. The lowest BCUT2D eigenvalue weighted by molar-refractivity contribution is -0.119. The average molecular weight is 188 g/mol. The Kier molecular flexibility index (Phi) is 2.39. The fourth-order valence-electron chi connectivity index (χ4n) is 1.70. The second-order valence-electron chi connectivity index (χ2n) is 3.35. The highest BCUT2D eigenvalue weighted by atomic mass is 16.1. The van der Waals surface area contributed by atoms with Gasteiger partial charge in [0.2, 0.25) is 5.91 Å². The van der Waals surface area contributed by atoms with Crippen LogP contribution in [-0.4, -0.2) is 12.5 Å². The van der Waals surface area contributed by atoms with E-state index < -0.39 is 0 Å². The molecule has 0 aromatic heterocycles. The number of carbonyl (C=O) groups excluding carboxylic acids is 1. The summed E-state index contributed by atoms with van der Waals surface area (Å²) in [6, 6.07) is 7.75. The van der Waals surface area contributed by atoms with Crippen LogP contribution in [0.25, 0.3) is 0 Å². The first-order chi connectivity index (χ1) is 6.79. The van der Waals surface area contributed by atoms with Gasteiger partial charge in [0.1, 0.15) is 0 Å². The number of amides is 1. The van der Waals surface area contributed by atoms with Crippen LogP contribution in [0.15, 0.2) is 24.3 Å². The number of primary amides is 1. The molecule has 0 bridgehead atoms. The van der Waals surface area contributed by atoms with Gasteiger partial charge in [0, 0.05) is 18.7 Å². The molecular formula is C11H12N2O. The van der Waals surface area contributed by atoms with Gasteiger partial charge in [-0.3, -0.25) is 4.79 Å². The molecular weight excluding hydrogens is 176 g/mol. The molecule has 1 aromatic carbocycles. The van der Waals surface area contributed by atoms with Crippen LogP contribution in [0.2, 0.25) is 0 Å². The largest absolute Gasteiger partial charge is 0.384 e. The molecule has 0 fully saturated rings. The fraction of sp³-hybridized carbons (Fsp3) is 0.273. The van der Waals surface area contributed by atoms with Crippen molar-refractivity contribution in [3.8, 4) is 0 Å². The highest BCUT2D eigenvalue weighted by Gasteiger charge is 2.22. The highest BCUT2D eigenvalue weighted by molar-refractivity contribution is 5.84.